The van der Waals surface area contributed by atoms with Gasteiger partial charge in [-0.25, -0.2) is 4.98 Å². The summed E-state index contributed by atoms with van der Waals surface area (Å²) in [6.07, 6.45) is 2.28. The maximum Gasteiger partial charge on any atom is 0.333 e. The van der Waals surface area contributed by atoms with Crippen LogP contribution in [0.3, 0.4) is 0 Å². The van der Waals surface area contributed by atoms with Crippen LogP contribution in [-0.4, -0.2) is 16.4 Å². The van der Waals surface area contributed by atoms with Crippen molar-refractivity contribution in [1.29, 1.82) is 0 Å². The highest BCUT2D eigenvalue weighted by molar-refractivity contribution is 7.21. The van der Waals surface area contributed by atoms with Gasteiger partial charge in [-0.1, -0.05) is 127 Å². The van der Waals surface area contributed by atoms with E-state index in [0.29, 0.717) is 0 Å². The summed E-state index contributed by atoms with van der Waals surface area (Å²) in [7, 11) is 0. The Morgan fingerprint density at radius 2 is 1.32 bits per heavy atom. The Balaban J connectivity index is 1.18. The number of rotatable bonds is 2. The number of benzene rings is 8. The zero-order chi connectivity index (χ0) is 45.7. The predicted octanol–water partition coefficient (Wildman–Crippen LogP) is 15.7. The lowest BCUT2D eigenvalue weighted by Crippen LogP contribution is -2.60. The summed E-state index contributed by atoms with van der Waals surface area (Å²) in [6, 6.07) is 51.9. The topological polar surface area (TPSA) is 47.3 Å². The Bertz CT molecular complexity index is 4200. The maximum absolute atomic E-state index is 7.31. The number of hydrogen-bond donors (Lipinski definition) is 0. The van der Waals surface area contributed by atoms with Gasteiger partial charge in [0.25, 0.3) is 0 Å². The monoisotopic (exact) mass is 897 g/mol. The van der Waals surface area contributed by atoms with Gasteiger partial charge >= 0.3 is 6.85 Å². The van der Waals surface area contributed by atoms with Crippen molar-refractivity contribution in [3.05, 3.63) is 156 Å². The van der Waals surface area contributed by atoms with Crippen molar-refractivity contribution in [3.63, 3.8) is 0 Å². The summed E-state index contributed by atoms with van der Waals surface area (Å²) in [5.74, 6) is 0. The smallest absolute Gasteiger partial charge is 0.333 e. The van der Waals surface area contributed by atoms with E-state index >= 15 is 0 Å². The van der Waals surface area contributed by atoms with E-state index < -0.39 is 0 Å². The summed E-state index contributed by atoms with van der Waals surface area (Å²) in [4.78, 5) is 8.09. The molecule has 1 aliphatic carbocycles. The molecule has 2 aliphatic heterocycles. The van der Waals surface area contributed by atoms with Crippen molar-refractivity contribution in [3.8, 4) is 27.4 Å². The van der Waals surface area contributed by atoms with Gasteiger partial charge < -0.3 is 18.2 Å². The summed E-state index contributed by atoms with van der Waals surface area (Å²) < 4.78 is 17.9. The second kappa shape index (κ2) is 12.9. The molecule has 4 aromatic heterocycles. The van der Waals surface area contributed by atoms with Gasteiger partial charge in [-0.05, 0) is 123 Å². The van der Waals surface area contributed by atoms with Crippen LogP contribution in [0.15, 0.2) is 148 Å². The molecule has 0 unspecified atom stereocenters. The zero-order valence-electron chi connectivity index (χ0n) is 39.3. The number of aromatic nitrogens is 2. The van der Waals surface area contributed by atoms with Crippen molar-refractivity contribution < 1.29 is 8.83 Å². The Morgan fingerprint density at radius 3 is 2.07 bits per heavy atom. The molecule has 0 saturated carbocycles. The van der Waals surface area contributed by atoms with Gasteiger partial charge in [-0.15, -0.1) is 11.3 Å². The van der Waals surface area contributed by atoms with Crippen LogP contribution in [0.2, 0.25) is 0 Å². The minimum Gasteiger partial charge on any atom is -0.456 e. The number of anilines is 2. The third kappa shape index (κ3) is 5.04. The van der Waals surface area contributed by atoms with Gasteiger partial charge in [0.2, 0.25) is 0 Å². The van der Waals surface area contributed by atoms with Gasteiger partial charge in [-0.3, -0.25) is 0 Å². The van der Waals surface area contributed by atoms with E-state index in [-0.39, 0.29) is 23.1 Å². The van der Waals surface area contributed by atoms with Crippen LogP contribution >= 0.6 is 11.3 Å². The molecule has 328 valence electrons. The standard InChI is InChI=1S/C61H48BN3O2S/c1-59(2,3)34-21-23-35(24-22-34)65-46-28-38-36-17-11-13-19-48(36)66-50(38)29-40(46)52-53-37-18-12-14-20-49(37)67-57(53)54-39-27-41-42(61(6,7)26-25-60(41,4)5)30-45(39)64-47-32-51-44(31-43(47)62(65)55(52)56(54)64)63-58(68-51)33-15-9-8-10-16-33/h8-24,27-32H,25-26H2,1-7H3. The van der Waals surface area contributed by atoms with Gasteiger partial charge in [-0.2, -0.15) is 0 Å². The van der Waals surface area contributed by atoms with E-state index in [1.54, 1.807) is 11.3 Å². The number of fused-ring (bicyclic) bond motifs is 18. The molecule has 6 heterocycles. The molecule has 0 bridgehead atoms. The first kappa shape index (κ1) is 39.0. The summed E-state index contributed by atoms with van der Waals surface area (Å²) in [6.45, 7) is 16.5. The molecule has 0 spiro atoms. The number of furan rings is 2. The Hall–Kier alpha value is -7.09. The van der Waals surface area contributed by atoms with Crippen molar-refractivity contribution in [2.24, 2.45) is 0 Å². The normalized spacial score (nSPS) is 15.9. The molecule has 7 heteroatoms. The van der Waals surface area contributed by atoms with Gasteiger partial charge in [0.15, 0.2) is 0 Å². The minimum absolute atomic E-state index is 0.000271. The SMILES string of the molecule is CC(C)(C)c1ccc(N2B3c4cc5nc(-c6ccccc6)sc5cc4-n4c5cc6c(cc5c5c7oc8ccccc8c7c(c3c54)-c3cc4oc5ccccc5c4cc32)C(C)(C)CCC6(C)C)cc1. The number of hydrogen-bond acceptors (Lipinski definition) is 5. The van der Waals surface area contributed by atoms with E-state index in [1.165, 1.54) is 65.4 Å². The molecular formula is C61H48BN3O2S. The molecule has 5 nitrogen and oxygen atoms in total. The fraction of sp³-hybridized carbons (Fsp3) is 0.197. The number of thiazole rings is 1. The highest BCUT2D eigenvalue weighted by Crippen LogP contribution is 2.55. The van der Waals surface area contributed by atoms with E-state index in [2.05, 4.69) is 197 Å². The lowest BCUT2D eigenvalue weighted by Gasteiger charge is -2.42. The average molecular weight is 898 g/mol. The quantitative estimate of drug-likeness (QED) is 0.162. The van der Waals surface area contributed by atoms with Crippen molar-refractivity contribution in [1.82, 2.24) is 9.55 Å². The third-order valence-corrected chi connectivity index (χ3v) is 17.3. The first-order valence-electron chi connectivity index (χ1n) is 24.2. The highest BCUT2D eigenvalue weighted by Gasteiger charge is 2.47. The van der Waals surface area contributed by atoms with E-state index in [1.807, 2.05) is 0 Å². The summed E-state index contributed by atoms with van der Waals surface area (Å²) in [5.41, 5.74) is 20.8. The molecule has 0 radical (unpaired) electrons. The predicted molar refractivity (Wildman–Crippen MR) is 287 cm³/mol. The van der Waals surface area contributed by atoms with Crippen LogP contribution in [0.25, 0.3) is 103 Å². The third-order valence-electron chi connectivity index (χ3n) is 16.2. The Labute approximate surface area is 398 Å². The minimum atomic E-state index is -0.213. The second-order valence-corrected chi connectivity index (χ2v) is 23.2. The molecular weight excluding hydrogens is 850 g/mol. The van der Waals surface area contributed by atoms with E-state index in [4.69, 9.17) is 13.8 Å². The van der Waals surface area contributed by atoms with Gasteiger partial charge in [0, 0.05) is 55.1 Å². The van der Waals surface area contributed by atoms with Crippen LogP contribution in [0.5, 0.6) is 0 Å². The molecule has 12 aromatic rings. The lowest BCUT2D eigenvalue weighted by atomic mass is 9.43. The molecule has 0 atom stereocenters. The van der Waals surface area contributed by atoms with Crippen LogP contribution in [0, 0.1) is 0 Å². The molecule has 3 aliphatic rings. The number of nitrogens with zero attached hydrogens (tertiary/aromatic N) is 3. The van der Waals surface area contributed by atoms with Crippen molar-refractivity contribution in [2.75, 3.05) is 4.81 Å². The molecule has 0 N–H and O–H groups in total. The van der Waals surface area contributed by atoms with Crippen LogP contribution in [0.4, 0.5) is 11.4 Å². The zero-order valence-corrected chi connectivity index (χ0v) is 40.2. The summed E-state index contributed by atoms with van der Waals surface area (Å²) >= 11 is 1.78. The summed E-state index contributed by atoms with van der Waals surface area (Å²) in [5, 5.41) is 7.98. The molecule has 0 fully saturated rings. The van der Waals surface area contributed by atoms with Gasteiger partial charge in [0.1, 0.15) is 27.3 Å². The second-order valence-electron chi connectivity index (χ2n) is 22.1. The highest BCUT2D eigenvalue weighted by atomic mass is 32.1. The molecule has 0 amide bonds. The lowest BCUT2D eigenvalue weighted by molar-refractivity contribution is 0.332. The first-order valence-corrected chi connectivity index (χ1v) is 25.0. The largest absolute Gasteiger partial charge is 0.456 e. The van der Waals surface area contributed by atoms with Crippen LogP contribution in [0.1, 0.15) is 78.0 Å². The van der Waals surface area contributed by atoms with Crippen molar-refractivity contribution >= 4 is 116 Å². The average Bonchev–Trinajstić information content (AvgIpc) is 4.11. The van der Waals surface area contributed by atoms with E-state index in [0.717, 1.165) is 89.7 Å². The van der Waals surface area contributed by atoms with Gasteiger partial charge in [0.05, 0.1) is 26.6 Å². The fourth-order valence-corrected chi connectivity index (χ4v) is 13.6. The molecule has 0 saturated heterocycles. The van der Waals surface area contributed by atoms with Crippen LogP contribution < -0.4 is 15.7 Å². The number of para-hydroxylation sites is 2. The molecule has 68 heavy (non-hydrogen) atoms. The van der Waals surface area contributed by atoms with Crippen LogP contribution in [-0.2, 0) is 16.2 Å². The fourth-order valence-electron chi connectivity index (χ4n) is 12.6. The Morgan fingerprint density at radius 1 is 0.632 bits per heavy atom. The van der Waals surface area contributed by atoms with Crippen molar-refractivity contribution in [2.45, 2.75) is 77.6 Å². The van der Waals surface area contributed by atoms with E-state index in [9.17, 15) is 0 Å². The maximum atomic E-state index is 7.31. The Kier molecular flexibility index (Phi) is 7.40. The molecule has 8 aromatic carbocycles. The first-order chi connectivity index (χ1) is 32.8. The molecule has 15 rings (SSSR count).